The van der Waals surface area contributed by atoms with E-state index in [9.17, 15) is 32.7 Å². The van der Waals surface area contributed by atoms with Crippen LogP contribution in [0, 0.1) is 6.92 Å². The number of alkyl halides is 3. The van der Waals surface area contributed by atoms with Crippen molar-refractivity contribution < 1.29 is 37.4 Å². The fourth-order valence-electron chi connectivity index (χ4n) is 4.88. The lowest BCUT2D eigenvalue weighted by Gasteiger charge is -2.51. The zero-order chi connectivity index (χ0) is 26.7. The van der Waals surface area contributed by atoms with E-state index in [4.69, 9.17) is 4.74 Å². The summed E-state index contributed by atoms with van der Waals surface area (Å²) in [5.41, 5.74) is 0.601. The highest BCUT2D eigenvalue weighted by Gasteiger charge is 2.48. The average molecular weight is 520 g/mol. The van der Waals surface area contributed by atoms with E-state index in [0.717, 1.165) is 17.7 Å². The van der Waals surface area contributed by atoms with Crippen molar-refractivity contribution in [2.45, 2.75) is 51.3 Å². The molecule has 11 heteroatoms. The monoisotopic (exact) mass is 519 g/mol. The molecule has 0 unspecified atom stereocenters. The van der Waals surface area contributed by atoms with Crippen LogP contribution in [0.2, 0.25) is 0 Å². The first-order valence-electron chi connectivity index (χ1n) is 11.9. The Balaban J connectivity index is 1.54. The summed E-state index contributed by atoms with van der Waals surface area (Å²) < 4.78 is 44.9. The van der Waals surface area contributed by atoms with E-state index in [1.54, 1.807) is 4.90 Å². The number of nitrogens with zero attached hydrogens (tertiary/aromatic N) is 3. The molecule has 2 atom stereocenters. The number of hydrogen-bond donors (Lipinski definition) is 1. The molecule has 0 spiro atoms. The quantitative estimate of drug-likeness (QED) is 0.633. The fraction of sp³-hybridized carbons (Fsp3) is 0.423. The maximum absolute atomic E-state index is 13.2. The van der Waals surface area contributed by atoms with Crippen LogP contribution in [0.25, 0.3) is 0 Å². The molecule has 2 aromatic carbocycles. The molecule has 0 bridgehead atoms. The number of hydrogen-bond acceptors (Lipinski definition) is 5. The number of carbonyl (C=O) groups excluding carboxylic acids is 3. The number of halogens is 3. The van der Waals surface area contributed by atoms with Crippen molar-refractivity contribution in [1.29, 1.82) is 0 Å². The van der Waals surface area contributed by atoms with Crippen LogP contribution in [-0.4, -0.2) is 69.6 Å². The molecule has 2 fully saturated rings. The molecule has 0 saturated carbocycles. The lowest BCUT2D eigenvalue weighted by atomic mass is 10.0. The van der Waals surface area contributed by atoms with Crippen LogP contribution in [0.5, 0.6) is 0 Å². The van der Waals surface area contributed by atoms with Gasteiger partial charge in [-0.25, -0.2) is 4.79 Å². The van der Waals surface area contributed by atoms with E-state index in [2.05, 4.69) is 0 Å². The van der Waals surface area contributed by atoms with Gasteiger partial charge in [0.1, 0.15) is 18.8 Å². The highest BCUT2D eigenvalue weighted by Crippen LogP contribution is 2.31. The second-order valence-electron chi connectivity index (χ2n) is 9.22. The lowest BCUT2D eigenvalue weighted by Crippen LogP contribution is -2.71. The topological polar surface area (TPSA) is 90.4 Å². The van der Waals surface area contributed by atoms with E-state index in [1.807, 2.05) is 30.3 Å². The number of piperazine rings is 1. The Morgan fingerprint density at radius 3 is 2.51 bits per heavy atom. The summed E-state index contributed by atoms with van der Waals surface area (Å²) in [7, 11) is 0. The van der Waals surface area contributed by atoms with E-state index in [-0.39, 0.29) is 63.1 Å². The van der Waals surface area contributed by atoms with E-state index < -0.39 is 30.0 Å². The molecule has 4 rings (SSSR count). The summed E-state index contributed by atoms with van der Waals surface area (Å²) in [5.74, 6) is -0.633. The molecule has 1 N–H and O–H groups in total. The Labute approximate surface area is 212 Å². The van der Waals surface area contributed by atoms with Gasteiger partial charge in [0.2, 0.25) is 11.8 Å². The van der Waals surface area contributed by atoms with Crippen molar-refractivity contribution in [1.82, 2.24) is 14.7 Å². The smallest absolute Gasteiger partial charge is 0.416 e. The minimum atomic E-state index is -4.53. The summed E-state index contributed by atoms with van der Waals surface area (Å²) in [6.45, 7) is 1.15. The average Bonchev–Trinajstić information content (AvgIpc) is 2.85. The lowest BCUT2D eigenvalue weighted by molar-refractivity contribution is -0.169. The van der Waals surface area contributed by atoms with Crippen LogP contribution in [0.1, 0.15) is 35.1 Å². The first kappa shape index (κ1) is 26.5. The zero-order valence-electron chi connectivity index (χ0n) is 20.3. The number of benzene rings is 2. The van der Waals surface area contributed by atoms with Gasteiger partial charge in [-0.3, -0.25) is 14.5 Å². The molecule has 2 heterocycles. The Kier molecular flexibility index (Phi) is 7.72. The van der Waals surface area contributed by atoms with Crippen molar-refractivity contribution >= 4 is 17.9 Å². The molecule has 0 radical (unpaired) electrons. The van der Waals surface area contributed by atoms with Crippen LogP contribution < -0.4 is 0 Å². The summed E-state index contributed by atoms with van der Waals surface area (Å²) in [4.78, 5) is 43.4. The molecule has 0 aliphatic carbocycles. The third-order valence-corrected chi connectivity index (χ3v) is 6.53. The molecular weight excluding hydrogens is 491 g/mol. The van der Waals surface area contributed by atoms with Crippen molar-refractivity contribution in [3.8, 4) is 0 Å². The van der Waals surface area contributed by atoms with E-state index in [1.165, 1.54) is 22.8 Å². The SMILES string of the molecule is Cc1cc(COC(=O)N2CCC(=O)N3[C@@H]2CN(Cc2ccccc2)C(=O)[C@@H]3CCO)cc(C(F)(F)F)c1. The third kappa shape index (κ3) is 5.87. The molecule has 2 aliphatic heterocycles. The molecule has 37 heavy (non-hydrogen) atoms. The summed E-state index contributed by atoms with van der Waals surface area (Å²) in [5, 5.41) is 9.58. The molecular formula is C26H28F3N3O5. The van der Waals surface area contributed by atoms with Crippen LogP contribution in [0.4, 0.5) is 18.0 Å². The van der Waals surface area contributed by atoms with Gasteiger partial charge in [0, 0.05) is 26.1 Å². The van der Waals surface area contributed by atoms with Crippen LogP contribution in [-0.2, 0) is 33.7 Å². The number of fused-ring (bicyclic) bond motifs is 1. The predicted octanol–water partition coefficient (Wildman–Crippen LogP) is 3.30. The van der Waals surface area contributed by atoms with Gasteiger partial charge in [-0.15, -0.1) is 0 Å². The van der Waals surface area contributed by atoms with Gasteiger partial charge in [-0.1, -0.05) is 42.0 Å². The minimum Gasteiger partial charge on any atom is -0.444 e. The van der Waals surface area contributed by atoms with Crippen molar-refractivity contribution in [2.75, 3.05) is 19.7 Å². The van der Waals surface area contributed by atoms with Gasteiger partial charge >= 0.3 is 12.3 Å². The summed E-state index contributed by atoms with van der Waals surface area (Å²) >= 11 is 0. The first-order chi connectivity index (χ1) is 17.6. The molecule has 0 aromatic heterocycles. The number of aryl methyl sites for hydroxylation is 1. The van der Waals surface area contributed by atoms with Gasteiger partial charge < -0.3 is 19.6 Å². The van der Waals surface area contributed by atoms with Gasteiger partial charge in [0.25, 0.3) is 0 Å². The second-order valence-corrected chi connectivity index (χ2v) is 9.22. The zero-order valence-corrected chi connectivity index (χ0v) is 20.3. The van der Waals surface area contributed by atoms with Crippen LogP contribution in [0.3, 0.4) is 0 Å². The normalized spacial score (nSPS) is 20.2. The maximum Gasteiger partial charge on any atom is 0.416 e. The van der Waals surface area contributed by atoms with Crippen molar-refractivity contribution in [3.05, 3.63) is 70.8 Å². The summed E-state index contributed by atoms with van der Waals surface area (Å²) in [6, 6.07) is 11.8. The van der Waals surface area contributed by atoms with Crippen LogP contribution >= 0.6 is 0 Å². The largest absolute Gasteiger partial charge is 0.444 e. The molecule has 3 amide bonds. The van der Waals surface area contributed by atoms with Gasteiger partial charge in [-0.2, -0.15) is 13.2 Å². The third-order valence-electron chi connectivity index (χ3n) is 6.53. The number of aliphatic hydroxyl groups is 1. The molecule has 2 saturated heterocycles. The second kappa shape index (κ2) is 10.8. The van der Waals surface area contributed by atoms with Gasteiger partial charge in [0.05, 0.1) is 12.1 Å². The Morgan fingerprint density at radius 2 is 1.84 bits per heavy atom. The number of amides is 3. The van der Waals surface area contributed by atoms with E-state index >= 15 is 0 Å². The maximum atomic E-state index is 13.2. The first-order valence-corrected chi connectivity index (χ1v) is 11.9. The predicted molar refractivity (Wildman–Crippen MR) is 126 cm³/mol. The number of ether oxygens (including phenoxy) is 1. The highest BCUT2D eigenvalue weighted by molar-refractivity contribution is 5.90. The molecule has 198 valence electrons. The Morgan fingerprint density at radius 1 is 1.11 bits per heavy atom. The standard InChI is InChI=1S/C26H28F3N3O5/c1-17-11-19(13-20(12-17)26(27,28)29)16-37-25(36)31-9-7-23(34)32-21(8-10-33)24(35)30(15-22(31)32)14-18-5-3-2-4-6-18/h2-6,11-13,21-22,33H,7-10,14-16H2,1H3/t21-,22+/m0/s1. The molecule has 2 aromatic rings. The van der Waals surface area contributed by atoms with Gasteiger partial charge in [0.15, 0.2) is 0 Å². The fourth-order valence-corrected chi connectivity index (χ4v) is 4.88. The molecule has 8 nitrogen and oxygen atoms in total. The van der Waals surface area contributed by atoms with Crippen LogP contribution in [0.15, 0.2) is 48.5 Å². The summed E-state index contributed by atoms with van der Waals surface area (Å²) in [6.07, 6.45) is -6.18. The van der Waals surface area contributed by atoms with Gasteiger partial charge in [-0.05, 0) is 36.6 Å². The number of carbonyl (C=O) groups is 3. The Bertz CT molecular complexity index is 1160. The minimum absolute atomic E-state index is 0.0127. The van der Waals surface area contributed by atoms with Crippen molar-refractivity contribution in [3.63, 3.8) is 0 Å². The van der Waals surface area contributed by atoms with Crippen molar-refractivity contribution in [2.24, 2.45) is 0 Å². The number of rotatable bonds is 6. The molecule has 2 aliphatic rings. The van der Waals surface area contributed by atoms with E-state index in [0.29, 0.717) is 5.56 Å². The number of aliphatic hydroxyl groups excluding tert-OH is 1. The Hall–Kier alpha value is -3.60. The highest BCUT2D eigenvalue weighted by atomic mass is 19.4.